The molecule has 6 nitrogen and oxygen atoms in total. The van der Waals surface area contributed by atoms with E-state index in [1.165, 1.54) is 42.7 Å². The van der Waals surface area contributed by atoms with E-state index >= 15 is 0 Å². The molecule has 31 heavy (non-hydrogen) atoms. The summed E-state index contributed by atoms with van der Waals surface area (Å²) in [6, 6.07) is 8.44. The summed E-state index contributed by atoms with van der Waals surface area (Å²) in [7, 11) is 0. The van der Waals surface area contributed by atoms with Crippen molar-refractivity contribution in [3.63, 3.8) is 0 Å². The molecule has 0 fully saturated rings. The van der Waals surface area contributed by atoms with Gasteiger partial charge in [0.25, 0.3) is 0 Å². The second-order valence-electron chi connectivity index (χ2n) is 6.59. The minimum atomic E-state index is -4.96. The van der Waals surface area contributed by atoms with Crippen molar-refractivity contribution in [2.45, 2.75) is 32.2 Å². The maximum Gasteiger partial charge on any atom is 0.573 e. The van der Waals surface area contributed by atoms with Crippen LogP contribution in [-0.4, -0.2) is 22.5 Å². The van der Waals surface area contributed by atoms with Crippen LogP contribution in [0, 0.1) is 5.82 Å². The van der Waals surface area contributed by atoms with Gasteiger partial charge in [-0.3, -0.25) is 9.89 Å². The van der Waals surface area contributed by atoms with Crippen LogP contribution in [0.15, 0.2) is 54.9 Å². The third kappa shape index (κ3) is 5.82. The summed E-state index contributed by atoms with van der Waals surface area (Å²) in [5.41, 5.74) is 3.39. The Morgan fingerprint density at radius 2 is 1.94 bits per heavy atom. The number of hydrogen-bond acceptors (Lipinski definition) is 5. The third-order valence-electron chi connectivity index (χ3n) is 4.32. The minimum absolute atomic E-state index is 0.0717. The van der Waals surface area contributed by atoms with Crippen LogP contribution in [0.3, 0.4) is 0 Å². The molecule has 1 unspecified atom stereocenters. The highest BCUT2D eigenvalue weighted by Crippen LogP contribution is 2.38. The van der Waals surface area contributed by atoms with E-state index in [0.29, 0.717) is 17.5 Å². The SMILES string of the molecule is CCCC(=O)ONC(c1cn[nH]c1)c1ccc(OC(F)(F)F)c(-c2ccccc2F)c1. The van der Waals surface area contributed by atoms with Crippen molar-refractivity contribution >= 4 is 5.97 Å². The zero-order chi connectivity index (χ0) is 22.4. The van der Waals surface area contributed by atoms with Gasteiger partial charge in [0.2, 0.25) is 0 Å². The lowest BCUT2D eigenvalue weighted by atomic mass is 9.96. The van der Waals surface area contributed by atoms with Crippen molar-refractivity contribution in [2.75, 3.05) is 0 Å². The Morgan fingerprint density at radius 1 is 1.16 bits per heavy atom. The molecule has 1 aromatic heterocycles. The molecule has 3 aromatic rings. The number of carbonyl (C=O) groups is 1. The fourth-order valence-corrected chi connectivity index (χ4v) is 2.96. The lowest BCUT2D eigenvalue weighted by molar-refractivity contribution is -0.274. The largest absolute Gasteiger partial charge is 0.573 e. The van der Waals surface area contributed by atoms with E-state index < -0.39 is 29.9 Å². The lowest BCUT2D eigenvalue weighted by Gasteiger charge is -2.20. The van der Waals surface area contributed by atoms with Crippen molar-refractivity contribution in [3.05, 3.63) is 71.8 Å². The van der Waals surface area contributed by atoms with Crippen LogP contribution in [0.2, 0.25) is 0 Å². The number of aromatic amines is 1. The van der Waals surface area contributed by atoms with Gasteiger partial charge < -0.3 is 9.57 Å². The number of nitrogens with zero attached hydrogens (tertiary/aromatic N) is 1. The zero-order valence-corrected chi connectivity index (χ0v) is 16.4. The first-order valence-corrected chi connectivity index (χ1v) is 9.37. The van der Waals surface area contributed by atoms with Gasteiger partial charge in [-0.25, -0.2) is 4.39 Å². The first kappa shape index (κ1) is 22.3. The molecule has 0 bridgehead atoms. The number of carbonyl (C=O) groups excluding carboxylic acids is 1. The highest BCUT2D eigenvalue weighted by Gasteiger charge is 2.33. The highest BCUT2D eigenvalue weighted by atomic mass is 19.4. The molecule has 0 spiro atoms. The first-order chi connectivity index (χ1) is 14.8. The van der Waals surface area contributed by atoms with Gasteiger partial charge in [-0.2, -0.15) is 5.10 Å². The molecule has 2 N–H and O–H groups in total. The number of nitrogens with one attached hydrogen (secondary N) is 2. The van der Waals surface area contributed by atoms with E-state index in [1.807, 2.05) is 6.92 Å². The summed E-state index contributed by atoms with van der Waals surface area (Å²) >= 11 is 0. The average molecular weight is 437 g/mol. The summed E-state index contributed by atoms with van der Waals surface area (Å²) in [4.78, 5) is 16.9. The second kappa shape index (κ2) is 9.61. The summed E-state index contributed by atoms with van der Waals surface area (Å²) in [5, 5.41) is 6.48. The van der Waals surface area contributed by atoms with Crippen LogP contribution in [0.25, 0.3) is 11.1 Å². The Hall–Kier alpha value is -3.40. The Labute approximate surface area is 175 Å². The average Bonchev–Trinajstić information content (AvgIpc) is 3.23. The predicted molar refractivity (Wildman–Crippen MR) is 103 cm³/mol. The molecule has 10 heteroatoms. The van der Waals surface area contributed by atoms with Crippen LogP contribution in [0.4, 0.5) is 17.6 Å². The number of aromatic nitrogens is 2. The number of benzene rings is 2. The highest BCUT2D eigenvalue weighted by molar-refractivity contribution is 5.72. The minimum Gasteiger partial charge on any atom is -0.405 e. The Kier molecular flexibility index (Phi) is 6.91. The summed E-state index contributed by atoms with van der Waals surface area (Å²) in [6.45, 7) is 1.81. The summed E-state index contributed by atoms with van der Waals surface area (Å²) < 4.78 is 57.2. The number of rotatable bonds is 8. The van der Waals surface area contributed by atoms with E-state index in [-0.39, 0.29) is 17.5 Å². The predicted octanol–water partition coefficient (Wildman–Crippen LogP) is 5.05. The van der Waals surface area contributed by atoms with Gasteiger partial charge in [0.05, 0.1) is 12.2 Å². The number of ether oxygens (including phenoxy) is 1. The monoisotopic (exact) mass is 437 g/mol. The van der Waals surface area contributed by atoms with E-state index in [0.717, 1.165) is 12.1 Å². The van der Waals surface area contributed by atoms with Gasteiger partial charge in [0, 0.05) is 29.3 Å². The molecule has 1 heterocycles. The molecule has 1 atom stereocenters. The molecule has 164 valence electrons. The van der Waals surface area contributed by atoms with Crippen molar-refractivity contribution in [1.82, 2.24) is 15.7 Å². The van der Waals surface area contributed by atoms with Crippen LogP contribution in [0.1, 0.15) is 36.9 Å². The fourth-order valence-electron chi connectivity index (χ4n) is 2.96. The number of alkyl halides is 3. The van der Waals surface area contributed by atoms with E-state index in [1.54, 1.807) is 0 Å². The molecule has 0 saturated carbocycles. The fraction of sp³-hybridized carbons (Fsp3) is 0.238. The molecule has 0 radical (unpaired) electrons. The second-order valence-corrected chi connectivity index (χ2v) is 6.59. The van der Waals surface area contributed by atoms with Crippen molar-refractivity contribution < 1.29 is 31.9 Å². The molecule has 0 saturated heterocycles. The normalized spacial score (nSPS) is 12.4. The number of hydroxylamine groups is 1. The lowest BCUT2D eigenvalue weighted by Crippen LogP contribution is -2.26. The molecule has 0 aliphatic rings. The Bertz CT molecular complexity index is 1020. The molecule has 2 aromatic carbocycles. The van der Waals surface area contributed by atoms with Crippen molar-refractivity contribution in [3.8, 4) is 16.9 Å². The Balaban J connectivity index is 2.05. The van der Waals surface area contributed by atoms with Crippen LogP contribution in [-0.2, 0) is 9.63 Å². The van der Waals surface area contributed by atoms with Gasteiger partial charge in [-0.15, -0.1) is 18.7 Å². The molecule has 0 amide bonds. The van der Waals surface area contributed by atoms with E-state index in [2.05, 4.69) is 20.4 Å². The molecular formula is C21H19F4N3O3. The van der Waals surface area contributed by atoms with Crippen LogP contribution in [0.5, 0.6) is 5.75 Å². The maximum atomic E-state index is 14.4. The summed E-state index contributed by atoms with van der Waals surface area (Å²) in [5.74, 6) is -1.77. The third-order valence-corrected chi connectivity index (χ3v) is 4.32. The number of hydrogen-bond donors (Lipinski definition) is 2. The molecule has 0 aliphatic heterocycles. The van der Waals surface area contributed by atoms with Crippen LogP contribution >= 0.6 is 0 Å². The van der Waals surface area contributed by atoms with Gasteiger partial charge in [-0.1, -0.05) is 31.2 Å². The van der Waals surface area contributed by atoms with Gasteiger partial charge in [-0.05, 0) is 30.2 Å². The van der Waals surface area contributed by atoms with Gasteiger partial charge in [0.1, 0.15) is 11.6 Å². The van der Waals surface area contributed by atoms with Gasteiger partial charge >= 0.3 is 12.3 Å². The van der Waals surface area contributed by atoms with Gasteiger partial charge in [0.15, 0.2) is 0 Å². The van der Waals surface area contributed by atoms with E-state index in [9.17, 15) is 22.4 Å². The topological polar surface area (TPSA) is 76.2 Å². The first-order valence-electron chi connectivity index (χ1n) is 9.37. The van der Waals surface area contributed by atoms with E-state index in [4.69, 9.17) is 4.84 Å². The molecular weight excluding hydrogens is 418 g/mol. The quantitative estimate of drug-likeness (QED) is 0.381. The zero-order valence-electron chi connectivity index (χ0n) is 16.4. The maximum absolute atomic E-state index is 14.4. The smallest absolute Gasteiger partial charge is 0.405 e. The molecule has 0 aliphatic carbocycles. The standard InChI is InChI=1S/C21H19F4N3O3/c1-2-5-19(29)31-28-20(14-11-26-27-12-14)13-8-9-18(30-21(23,24)25)16(10-13)15-6-3-4-7-17(15)22/h3-4,6-12,20,28H,2,5H2,1H3,(H,26,27). The Morgan fingerprint density at radius 3 is 2.58 bits per heavy atom. The number of H-pyrrole nitrogens is 1. The number of halogens is 4. The van der Waals surface area contributed by atoms with Crippen molar-refractivity contribution in [1.29, 1.82) is 0 Å². The van der Waals surface area contributed by atoms with Crippen LogP contribution < -0.4 is 10.2 Å². The van der Waals surface area contributed by atoms with Crippen molar-refractivity contribution in [2.24, 2.45) is 0 Å². The molecule has 3 rings (SSSR count). The summed E-state index contributed by atoms with van der Waals surface area (Å²) in [6.07, 6.45) is -1.19.